The molecule has 1 fully saturated rings. The average Bonchev–Trinajstić information content (AvgIpc) is 3.81. The van der Waals surface area contributed by atoms with Crippen LogP contribution in [0, 0.1) is 0 Å². The number of anilines is 5. The van der Waals surface area contributed by atoms with Crippen LogP contribution in [0.1, 0.15) is 26.2 Å². The highest BCUT2D eigenvalue weighted by Gasteiger charge is 2.35. The molecule has 1 amide bonds. The van der Waals surface area contributed by atoms with Gasteiger partial charge in [0.2, 0.25) is 5.91 Å². The molecule has 10 nitrogen and oxygen atoms in total. The number of amides is 1. The van der Waals surface area contributed by atoms with E-state index in [-0.39, 0.29) is 5.91 Å². The first kappa shape index (κ1) is 27.6. The molecule has 2 aromatic carbocycles. The van der Waals surface area contributed by atoms with Crippen LogP contribution in [0.4, 0.5) is 28.4 Å². The third-order valence-electron chi connectivity index (χ3n) is 7.58. The number of nitrogens with zero attached hydrogens (tertiary/aromatic N) is 5. The van der Waals surface area contributed by atoms with Crippen molar-refractivity contribution in [2.24, 2.45) is 4.99 Å². The molecule has 40 heavy (non-hydrogen) atoms. The van der Waals surface area contributed by atoms with Crippen molar-refractivity contribution in [1.29, 1.82) is 0 Å². The summed E-state index contributed by atoms with van der Waals surface area (Å²) >= 11 is 0. The lowest BCUT2D eigenvalue weighted by atomic mass is 10.1. The van der Waals surface area contributed by atoms with Crippen LogP contribution in [0.5, 0.6) is 5.75 Å². The number of para-hydroxylation sites is 2. The van der Waals surface area contributed by atoms with Crippen molar-refractivity contribution < 1.29 is 9.53 Å². The van der Waals surface area contributed by atoms with Crippen molar-refractivity contribution >= 4 is 40.6 Å². The van der Waals surface area contributed by atoms with Gasteiger partial charge in [-0.3, -0.25) is 4.79 Å². The first-order valence-corrected chi connectivity index (χ1v) is 14.2. The molecule has 0 spiro atoms. The Bertz CT molecular complexity index is 1270. The summed E-state index contributed by atoms with van der Waals surface area (Å²) in [5, 5.41) is 10.1. The number of nitrogens with one attached hydrogen (secondary N) is 3. The van der Waals surface area contributed by atoms with Gasteiger partial charge in [-0.15, -0.1) is 0 Å². The fourth-order valence-corrected chi connectivity index (χ4v) is 5.19. The van der Waals surface area contributed by atoms with Gasteiger partial charge in [-0.2, -0.15) is 0 Å². The third kappa shape index (κ3) is 6.12. The Labute approximate surface area is 237 Å². The van der Waals surface area contributed by atoms with Gasteiger partial charge in [-0.25, -0.2) is 4.99 Å². The molecule has 0 aromatic heterocycles. The van der Waals surface area contributed by atoms with Crippen LogP contribution < -0.4 is 35.4 Å². The van der Waals surface area contributed by atoms with Crippen molar-refractivity contribution in [2.45, 2.75) is 38.5 Å². The predicted octanol–water partition coefficient (Wildman–Crippen LogP) is 3.74. The highest BCUT2D eigenvalue weighted by molar-refractivity contribution is 5.96. The molecular formula is C30H42N8O2. The maximum atomic E-state index is 12.4. The van der Waals surface area contributed by atoms with E-state index in [0.29, 0.717) is 18.2 Å². The van der Waals surface area contributed by atoms with Gasteiger partial charge in [0.15, 0.2) is 6.29 Å². The van der Waals surface area contributed by atoms with Crippen LogP contribution in [0.15, 0.2) is 53.3 Å². The van der Waals surface area contributed by atoms with E-state index < -0.39 is 6.29 Å². The molecule has 1 unspecified atom stereocenters. The molecule has 1 aliphatic carbocycles. The molecule has 0 radical (unpaired) electrons. The molecule has 5 rings (SSSR count). The monoisotopic (exact) mass is 546 g/mol. The lowest BCUT2D eigenvalue weighted by Crippen LogP contribution is -2.48. The van der Waals surface area contributed by atoms with E-state index in [4.69, 9.17) is 4.74 Å². The van der Waals surface area contributed by atoms with Gasteiger partial charge in [-0.1, -0.05) is 19.1 Å². The van der Waals surface area contributed by atoms with Gasteiger partial charge in [0.1, 0.15) is 11.6 Å². The van der Waals surface area contributed by atoms with Crippen LogP contribution in [0.3, 0.4) is 0 Å². The molecule has 1 atom stereocenters. The fraction of sp³-hybridized carbons (Fsp3) is 0.467. The second-order valence-corrected chi connectivity index (χ2v) is 10.8. The van der Waals surface area contributed by atoms with Gasteiger partial charge in [-0.05, 0) is 51.2 Å². The zero-order valence-corrected chi connectivity index (χ0v) is 24.3. The number of hydrogen-bond acceptors (Lipinski definition) is 9. The van der Waals surface area contributed by atoms with Crippen LogP contribution in [-0.2, 0) is 4.79 Å². The molecule has 2 aliphatic heterocycles. The van der Waals surface area contributed by atoms with Crippen LogP contribution in [0.2, 0.25) is 0 Å². The molecular weight excluding hydrogens is 504 g/mol. The second-order valence-electron chi connectivity index (χ2n) is 10.8. The Hall–Kier alpha value is -3.92. The van der Waals surface area contributed by atoms with Crippen molar-refractivity contribution in [2.75, 3.05) is 79.8 Å². The number of aliphatic imine (C=N–C) groups is 1. The first-order chi connectivity index (χ1) is 19.4. The number of allylic oxidation sites excluding steroid dienone is 1. The topological polar surface area (TPSA) is 87.7 Å². The lowest BCUT2D eigenvalue weighted by molar-refractivity contribution is -0.115. The van der Waals surface area contributed by atoms with Crippen molar-refractivity contribution in [1.82, 2.24) is 10.2 Å². The number of likely N-dealkylation sites (N-methyl/N-ethyl adjacent to an activating group) is 2. The maximum Gasteiger partial charge on any atom is 0.224 e. The number of benzene rings is 2. The number of carbonyl (C=O) groups excluding carboxylic acids is 1. The molecule has 3 N–H and O–H groups in total. The van der Waals surface area contributed by atoms with Gasteiger partial charge in [0.05, 0.1) is 35.5 Å². The third-order valence-corrected chi connectivity index (χ3v) is 7.58. The molecule has 0 saturated heterocycles. The number of fused-ring (bicyclic) bond motifs is 1. The number of methoxy groups -OCH3 is 1. The van der Waals surface area contributed by atoms with Gasteiger partial charge in [0.25, 0.3) is 0 Å². The summed E-state index contributed by atoms with van der Waals surface area (Å²) in [6.45, 7) is 5.43. The van der Waals surface area contributed by atoms with E-state index >= 15 is 0 Å². The fourth-order valence-electron chi connectivity index (χ4n) is 5.19. The Kier molecular flexibility index (Phi) is 8.35. The average molecular weight is 547 g/mol. The zero-order valence-electron chi connectivity index (χ0n) is 24.3. The second kappa shape index (κ2) is 12.1. The minimum atomic E-state index is -0.408. The van der Waals surface area contributed by atoms with E-state index in [0.717, 1.165) is 49.1 Å². The first-order valence-electron chi connectivity index (χ1n) is 14.2. The summed E-state index contributed by atoms with van der Waals surface area (Å²) in [6.07, 6.45) is 6.41. The highest BCUT2D eigenvalue weighted by atomic mass is 16.5. The van der Waals surface area contributed by atoms with E-state index in [1.807, 2.05) is 52.5 Å². The van der Waals surface area contributed by atoms with Gasteiger partial charge < -0.3 is 40.3 Å². The molecule has 2 aromatic rings. The number of hydrogen-bond donors (Lipinski definition) is 3. The minimum Gasteiger partial charge on any atom is -0.495 e. The summed E-state index contributed by atoms with van der Waals surface area (Å²) in [5.74, 6) is 1.63. The maximum absolute atomic E-state index is 12.4. The number of rotatable bonds is 11. The molecule has 2 heterocycles. The molecule has 214 valence electrons. The summed E-state index contributed by atoms with van der Waals surface area (Å²) in [7, 11) is 7.78. The quantitative estimate of drug-likeness (QED) is 0.393. The SMILES string of the molecule is CCC(=O)Nc1cc(NC2N=CC=C(N3CCN(C4CC4)c4ccccc43)N2)c(OC)cc1N(C)CCN(C)C. The zero-order chi connectivity index (χ0) is 28.2. The number of ether oxygens (including phenoxy) is 1. The van der Waals surface area contributed by atoms with Crippen LogP contribution in [0.25, 0.3) is 0 Å². The van der Waals surface area contributed by atoms with Crippen molar-refractivity contribution in [3.63, 3.8) is 0 Å². The number of carbonyl (C=O) groups is 1. The Morgan fingerprint density at radius 3 is 2.58 bits per heavy atom. The molecule has 10 heteroatoms. The highest BCUT2D eigenvalue weighted by Crippen LogP contribution is 2.41. The van der Waals surface area contributed by atoms with Gasteiger partial charge in [0, 0.05) is 58.0 Å². The molecule has 3 aliphatic rings. The van der Waals surface area contributed by atoms with E-state index in [1.165, 1.54) is 24.2 Å². The van der Waals surface area contributed by atoms with E-state index in [9.17, 15) is 4.79 Å². The largest absolute Gasteiger partial charge is 0.495 e. The van der Waals surface area contributed by atoms with Crippen molar-refractivity contribution in [3.8, 4) is 5.75 Å². The standard InChI is InChI=1S/C30H42N8O2/c1-6-29(39)32-22-19-23(27(40-5)20-26(22)36(4)16-15-35(2)3)33-30-31-14-13-28(34-30)38-18-17-37(21-11-12-21)24-9-7-8-10-25(24)38/h7-10,13-14,19-21,30,33-34H,6,11-12,15-18H2,1-5H3,(H,32,39). The Morgan fingerprint density at radius 1 is 1.10 bits per heavy atom. The molecule has 0 bridgehead atoms. The Morgan fingerprint density at radius 2 is 1.88 bits per heavy atom. The molecule has 1 saturated carbocycles. The summed E-state index contributed by atoms with van der Waals surface area (Å²) in [5.41, 5.74) is 4.88. The summed E-state index contributed by atoms with van der Waals surface area (Å²) in [4.78, 5) is 26.2. The van der Waals surface area contributed by atoms with Gasteiger partial charge >= 0.3 is 0 Å². The van der Waals surface area contributed by atoms with E-state index in [2.05, 4.69) is 64.8 Å². The lowest BCUT2D eigenvalue weighted by Gasteiger charge is -2.41. The predicted molar refractivity (Wildman–Crippen MR) is 165 cm³/mol. The minimum absolute atomic E-state index is 0.0404. The Balaban J connectivity index is 1.36. The van der Waals surface area contributed by atoms with Crippen molar-refractivity contribution in [3.05, 3.63) is 48.3 Å². The normalized spacial score (nSPS) is 18.1. The smallest absolute Gasteiger partial charge is 0.224 e. The van der Waals surface area contributed by atoms with Crippen LogP contribution in [-0.4, -0.2) is 83.8 Å². The summed E-state index contributed by atoms with van der Waals surface area (Å²) < 4.78 is 5.80. The summed E-state index contributed by atoms with van der Waals surface area (Å²) in [6, 6.07) is 13.2. The van der Waals surface area contributed by atoms with Crippen LogP contribution >= 0.6 is 0 Å². The van der Waals surface area contributed by atoms with E-state index in [1.54, 1.807) is 7.11 Å².